The van der Waals surface area contributed by atoms with E-state index in [1.165, 1.54) is 0 Å². The minimum Gasteiger partial charge on any atom is -0.378 e. The number of carbonyl (C=O) groups is 1. The Kier molecular flexibility index (Phi) is 4.84. The maximum absolute atomic E-state index is 12.3. The predicted molar refractivity (Wildman–Crippen MR) is 98.6 cm³/mol. The van der Waals surface area contributed by atoms with Crippen molar-refractivity contribution in [3.05, 3.63) is 71.4 Å². The van der Waals surface area contributed by atoms with Crippen molar-refractivity contribution in [1.82, 2.24) is 10.5 Å². The average Bonchev–Trinajstić information content (AvgIpc) is 3.11. The molecule has 1 aromatic heterocycles. The lowest BCUT2D eigenvalue weighted by Crippen LogP contribution is -2.23. The molecule has 0 fully saturated rings. The van der Waals surface area contributed by atoms with Gasteiger partial charge in [0.15, 0.2) is 11.5 Å². The largest absolute Gasteiger partial charge is 0.378 e. The second kappa shape index (κ2) is 7.21. The lowest BCUT2D eigenvalue weighted by Gasteiger charge is -2.15. The molecule has 0 aliphatic carbocycles. The van der Waals surface area contributed by atoms with Crippen molar-refractivity contribution in [3.8, 4) is 11.3 Å². The first-order chi connectivity index (χ1) is 12.0. The second-order valence-corrected chi connectivity index (χ2v) is 6.13. The molecular formula is C20H21N3O2. The van der Waals surface area contributed by atoms with E-state index in [-0.39, 0.29) is 11.6 Å². The molecule has 1 amide bonds. The van der Waals surface area contributed by atoms with Gasteiger partial charge in [-0.15, -0.1) is 0 Å². The zero-order valence-electron chi connectivity index (χ0n) is 14.6. The summed E-state index contributed by atoms with van der Waals surface area (Å²) in [6.07, 6.45) is 0. The van der Waals surface area contributed by atoms with Crippen LogP contribution >= 0.6 is 0 Å². The third-order valence-electron chi connectivity index (χ3n) is 4.08. The molecule has 0 unspecified atom stereocenters. The normalized spacial score (nSPS) is 10.5. The van der Waals surface area contributed by atoms with Gasteiger partial charge in [0.05, 0.1) is 0 Å². The quantitative estimate of drug-likeness (QED) is 0.773. The van der Waals surface area contributed by atoms with Gasteiger partial charge in [-0.05, 0) is 30.2 Å². The summed E-state index contributed by atoms with van der Waals surface area (Å²) < 4.78 is 5.27. The molecule has 0 bridgehead atoms. The van der Waals surface area contributed by atoms with E-state index >= 15 is 0 Å². The summed E-state index contributed by atoms with van der Waals surface area (Å²) in [4.78, 5) is 14.4. The van der Waals surface area contributed by atoms with Gasteiger partial charge in [0.25, 0.3) is 5.91 Å². The van der Waals surface area contributed by atoms with Crippen molar-refractivity contribution < 1.29 is 9.32 Å². The number of carbonyl (C=O) groups excluding carboxylic acids is 1. The van der Waals surface area contributed by atoms with Gasteiger partial charge >= 0.3 is 0 Å². The van der Waals surface area contributed by atoms with Crippen LogP contribution in [-0.4, -0.2) is 25.2 Å². The van der Waals surface area contributed by atoms with Gasteiger partial charge in [0.1, 0.15) is 0 Å². The molecule has 128 valence electrons. The molecule has 3 aromatic rings. The Bertz CT molecular complexity index is 870. The monoisotopic (exact) mass is 335 g/mol. The maximum atomic E-state index is 12.3. The SMILES string of the molecule is Cc1cc(N(C)C)ccc1CNC(=O)c1cc(-c2ccccc2)on1. The Labute approximate surface area is 147 Å². The number of aromatic nitrogens is 1. The van der Waals surface area contributed by atoms with Crippen molar-refractivity contribution >= 4 is 11.6 Å². The fourth-order valence-electron chi connectivity index (χ4n) is 2.54. The van der Waals surface area contributed by atoms with Gasteiger partial charge in [0.2, 0.25) is 0 Å². The number of amides is 1. The molecule has 1 heterocycles. The molecule has 0 atom stereocenters. The molecule has 0 radical (unpaired) electrons. The highest BCUT2D eigenvalue weighted by Crippen LogP contribution is 2.20. The third kappa shape index (κ3) is 3.88. The van der Waals surface area contributed by atoms with E-state index in [0.29, 0.717) is 12.3 Å². The molecule has 0 aliphatic heterocycles. The lowest BCUT2D eigenvalue weighted by molar-refractivity contribution is 0.0942. The maximum Gasteiger partial charge on any atom is 0.273 e. The van der Waals surface area contributed by atoms with Crippen LogP contribution in [0.2, 0.25) is 0 Å². The molecule has 2 aromatic carbocycles. The van der Waals surface area contributed by atoms with E-state index in [1.807, 2.05) is 63.5 Å². The van der Waals surface area contributed by atoms with Gasteiger partial charge in [-0.25, -0.2) is 0 Å². The molecular weight excluding hydrogens is 314 g/mol. The van der Waals surface area contributed by atoms with Crippen LogP contribution in [-0.2, 0) is 6.54 Å². The van der Waals surface area contributed by atoms with E-state index in [0.717, 1.165) is 22.4 Å². The van der Waals surface area contributed by atoms with Crippen molar-refractivity contribution in [2.75, 3.05) is 19.0 Å². The van der Waals surface area contributed by atoms with E-state index in [1.54, 1.807) is 6.07 Å². The predicted octanol–water partition coefficient (Wildman–Crippen LogP) is 3.65. The third-order valence-corrected chi connectivity index (χ3v) is 4.08. The Morgan fingerprint density at radius 1 is 1.12 bits per heavy atom. The minimum absolute atomic E-state index is 0.248. The number of anilines is 1. The summed E-state index contributed by atoms with van der Waals surface area (Å²) in [6.45, 7) is 2.49. The van der Waals surface area contributed by atoms with Crippen LogP contribution in [0.5, 0.6) is 0 Å². The highest BCUT2D eigenvalue weighted by Gasteiger charge is 2.13. The molecule has 0 aliphatic rings. The Morgan fingerprint density at radius 3 is 2.56 bits per heavy atom. The van der Waals surface area contributed by atoms with Gasteiger partial charge < -0.3 is 14.7 Å². The number of nitrogens with one attached hydrogen (secondary N) is 1. The highest BCUT2D eigenvalue weighted by atomic mass is 16.5. The van der Waals surface area contributed by atoms with Crippen molar-refractivity contribution in [3.63, 3.8) is 0 Å². The van der Waals surface area contributed by atoms with E-state index < -0.39 is 0 Å². The van der Waals surface area contributed by atoms with Crippen LogP contribution in [0, 0.1) is 6.92 Å². The summed E-state index contributed by atoms with van der Waals surface area (Å²) in [6, 6.07) is 17.4. The minimum atomic E-state index is -0.248. The van der Waals surface area contributed by atoms with Gasteiger partial charge in [0, 0.05) is 38.0 Å². The molecule has 3 rings (SSSR count). The smallest absolute Gasteiger partial charge is 0.273 e. The standard InChI is InChI=1S/C20H21N3O2/c1-14-11-17(23(2)3)10-9-16(14)13-21-20(24)18-12-19(25-22-18)15-7-5-4-6-8-15/h4-12H,13H2,1-3H3,(H,21,24). The number of nitrogens with zero attached hydrogens (tertiary/aromatic N) is 2. The first-order valence-electron chi connectivity index (χ1n) is 8.12. The zero-order chi connectivity index (χ0) is 17.8. The van der Waals surface area contributed by atoms with Crippen LogP contribution in [0.4, 0.5) is 5.69 Å². The van der Waals surface area contributed by atoms with Crippen molar-refractivity contribution in [2.45, 2.75) is 13.5 Å². The summed E-state index contributed by atoms with van der Waals surface area (Å²) in [5.74, 6) is 0.333. The van der Waals surface area contributed by atoms with Gasteiger partial charge in [-0.3, -0.25) is 4.79 Å². The fraction of sp³-hybridized carbons (Fsp3) is 0.200. The van der Waals surface area contributed by atoms with Crippen LogP contribution in [0.15, 0.2) is 59.1 Å². The Balaban J connectivity index is 1.66. The van der Waals surface area contributed by atoms with Gasteiger partial charge in [-0.1, -0.05) is 41.6 Å². The summed E-state index contributed by atoms with van der Waals surface area (Å²) in [7, 11) is 4.01. The van der Waals surface area contributed by atoms with E-state index in [2.05, 4.69) is 21.4 Å². The van der Waals surface area contributed by atoms with E-state index in [4.69, 9.17) is 4.52 Å². The molecule has 25 heavy (non-hydrogen) atoms. The summed E-state index contributed by atoms with van der Waals surface area (Å²) in [5, 5.41) is 6.77. The van der Waals surface area contributed by atoms with Crippen LogP contribution in [0.1, 0.15) is 21.6 Å². The highest BCUT2D eigenvalue weighted by molar-refractivity contribution is 5.93. The number of hydrogen-bond donors (Lipinski definition) is 1. The number of aryl methyl sites for hydroxylation is 1. The van der Waals surface area contributed by atoms with Crippen LogP contribution in [0.25, 0.3) is 11.3 Å². The first-order valence-corrected chi connectivity index (χ1v) is 8.12. The van der Waals surface area contributed by atoms with Crippen molar-refractivity contribution in [2.24, 2.45) is 0 Å². The Morgan fingerprint density at radius 2 is 1.88 bits per heavy atom. The molecule has 1 N–H and O–H groups in total. The first kappa shape index (κ1) is 16.8. The zero-order valence-corrected chi connectivity index (χ0v) is 14.6. The number of rotatable bonds is 5. The van der Waals surface area contributed by atoms with Crippen LogP contribution in [0.3, 0.4) is 0 Å². The molecule has 5 heteroatoms. The molecule has 0 saturated heterocycles. The van der Waals surface area contributed by atoms with Crippen LogP contribution < -0.4 is 10.2 Å². The summed E-state index contributed by atoms with van der Waals surface area (Å²) >= 11 is 0. The second-order valence-electron chi connectivity index (χ2n) is 6.13. The molecule has 0 spiro atoms. The van der Waals surface area contributed by atoms with Gasteiger partial charge in [-0.2, -0.15) is 0 Å². The topological polar surface area (TPSA) is 58.4 Å². The number of benzene rings is 2. The average molecular weight is 335 g/mol. The lowest BCUT2D eigenvalue weighted by atomic mass is 10.1. The number of hydrogen-bond acceptors (Lipinski definition) is 4. The van der Waals surface area contributed by atoms with Crippen molar-refractivity contribution in [1.29, 1.82) is 0 Å². The Hall–Kier alpha value is -3.08. The molecule has 0 saturated carbocycles. The fourth-order valence-corrected chi connectivity index (χ4v) is 2.54. The van der Waals surface area contributed by atoms with E-state index in [9.17, 15) is 4.79 Å². The molecule has 5 nitrogen and oxygen atoms in total. The summed E-state index contributed by atoms with van der Waals surface area (Å²) in [5.41, 5.74) is 4.52.